The Bertz CT molecular complexity index is 480. The minimum atomic E-state index is 0.567. The molecule has 0 fully saturated rings. The lowest BCUT2D eigenvalue weighted by Crippen LogP contribution is -2.13. The second kappa shape index (κ2) is 4.13. The van der Waals surface area contributed by atoms with E-state index in [4.69, 9.17) is 6.42 Å². The number of terminal acetylenes is 1. The van der Waals surface area contributed by atoms with E-state index in [9.17, 15) is 0 Å². The quantitative estimate of drug-likeness (QED) is 0.681. The fourth-order valence-electron chi connectivity index (χ4n) is 1.17. The first-order valence-electron chi connectivity index (χ1n) is 4.07. The molecule has 0 radical (unpaired) electrons. The van der Waals surface area contributed by atoms with Gasteiger partial charge in [0.2, 0.25) is 0 Å². The van der Waals surface area contributed by atoms with E-state index in [-0.39, 0.29) is 0 Å². The molecule has 0 spiro atoms. The van der Waals surface area contributed by atoms with Gasteiger partial charge in [0, 0.05) is 18.1 Å². The van der Waals surface area contributed by atoms with E-state index in [1.165, 1.54) is 0 Å². The van der Waals surface area contributed by atoms with Crippen LogP contribution in [0.3, 0.4) is 0 Å². The van der Waals surface area contributed by atoms with Crippen LogP contribution < -0.4 is 5.32 Å². The highest BCUT2D eigenvalue weighted by Crippen LogP contribution is 2.21. The number of thiazole rings is 1. The average Bonchev–Trinajstić information content (AvgIpc) is 2.72. The molecule has 0 amide bonds. The first-order chi connectivity index (χ1) is 6.83. The topological polar surface area (TPSA) is 29.3 Å². The molecule has 0 bridgehead atoms. The van der Waals surface area contributed by atoms with Crippen molar-refractivity contribution in [3.05, 3.63) is 21.9 Å². The monoisotopic (exact) mass is 269 g/mol. The second-order valence-corrected chi connectivity index (χ2v) is 4.34. The Morgan fingerprint density at radius 2 is 2.57 bits per heavy atom. The molecule has 0 aromatic carbocycles. The molecule has 0 atom stereocenters. The van der Waals surface area contributed by atoms with Crippen molar-refractivity contribution in [1.82, 2.24) is 14.7 Å². The fourth-order valence-corrected chi connectivity index (χ4v) is 2.53. The average molecular weight is 270 g/mol. The third-order valence-electron chi connectivity index (χ3n) is 1.79. The molecule has 3 nitrogen and oxygen atoms in total. The molecule has 0 saturated carbocycles. The maximum Gasteiger partial charge on any atom is 0.194 e. The number of fused-ring (bicyclic) bond motifs is 1. The van der Waals surface area contributed by atoms with Gasteiger partial charge in [-0.3, -0.25) is 4.40 Å². The lowest BCUT2D eigenvalue weighted by molar-refractivity contribution is 0.751. The van der Waals surface area contributed by atoms with Crippen LogP contribution in [0.1, 0.15) is 5.69 Å². The Labute approximate surface area is 94.3 Å². The van der Waals surface area contributed by atoms with Crippen LogP contribution in [0.15, 0.2) is 16.2 Å². The molecular weight excluding hydrogens is 262 g/mol. The summed E-state index contributed by atoms with van der Waals surface area (Å²) in [5.41, 5.74) is 0.993. The summed E-state index contributed by atoms with van der Waals surface area (Å²) in [5.74, 6) is 2.53. The minimum absolute atomic E-state index is 0.567. The largest absolute Gasteiger partial charge is 0.300 e. The lowest BCUT2D eigenvalue weighted by atomic mass is 10.4. The van der Waals surface area contributed by atoms with Gasteiger partial charge in [0.25, 0.3) is 0 Å². The van der Waals surface area contributed by atoms with Crippen LogP contribution in [0, 0.1) is 12.3 Å². The van der Waals surface area contributed by atoms with Crippen molar-refractivity contribution in [1.29, 1.82) is 0 Å². The van der Waals surface area contributed by atoms with Crippen molar-refractivity contribution in [2.24, 2.45) is 0 Å². The molecule has 1 N–H and O–H groups in total. The Morgan fingerprint density at radius 1 is 1.71 bits per heavy atom. The van der Waals surface area contributed by atoms with E-state index < -0.39 is 0 Å². The summed E-state index contributed by atoms with van der Waals surface area (Å²) >= 11 is 5.11. The number of halogens is 1. The summed E-state index contributed by atoms with van der Waals surface area (Å²) in [7, 11) is 0. The van der Waals surface area contributed by atoms with Crippen molar-refractivity contribution < 1.29 is 0 Å². The molecule has 5 heteroatoms. The molecule has 72 valence electrons. The molecular formula is C9H8BrN3S. The number of hydrogen-bond acceptors (Lipinski definition) is 3. The predicted octanol–water partition coefficient (Wildman–Crippen LogP) is 1.88. The van der Waals surface area contributed by atoms with Gasteiger partial charge in [-0.15, -0.1) is 17.8 Å². The van der Waals surface area contributed by atoms with E-state index in [2.05, 4.69) is 32.2 Å². The number of aromatic nitrogens is 2. The zero-order valence-electron chi connectivity index (χ0n) is 7.33. The van der Waals surface area contributed by atoms with E-state index in [0.29, 0.717) is 13.1 Å². The number of imidazole rings is 1. The highest BCUT2D eigenvalue weighted by molar-refractivity contribution is 9.10. The van der Waals surface area contributed by atoms with Crippen LogP contribution in [0.4, 0.5) is 0 Å². The molecule has 0 unspecified atom stereocenters. The zero-order chi connectivity index (χ0) is 9.97. The summed E-state index contributed by atoms with van der Waals surface area (Å²) in [6.45, 7) is 1.26. The predicted molar refractivity (Wildman–Crippen MR) is 61.3 cm³/mol. The van der Waals surface area contributed by atoms with Crippen molar-refractivity contribution >= 4 is 32.2 Å². The van der Waals surface area contributed by atoms with Crippen molar-refractivity contribution in [2.45, 2.75) is 6.54 Å². The van der Waals surface area contributed by atoms with Gasteiger partial charge in [0.15, 0.2) is 4.96 Å². The summed E-state index contributed by atoms with van der Waals surface area (Å²) in [6.07, 6.45) is 7.13. The Morgan fingerprint density at radius 3 is 3.29 bits per heavy atom. The van der Waals surface area contributed by atoms with Gasteiger partial charge in [0.05, 0.1) is 12.2 Å². The van der Waals surface area contributed by atoms with Crippen LogP contribution in [-0.4, -0.2) is 15.9 Å². The number of rotatable bonds is 3. The van der Waals surface area contributed by atoms with E-state index >= 15 is 0 Å². The molecule has 14 heavy (non-hydrogen) atoms. The molecule has 2 rings (SSSR count). The molecule has 2 aromatic heterocycles. The van der Waals surface area contributed by atoms with Gasteiger partial charge < -0.3 is 5.32 Å². The van der Waals surface area contributed by atoms with Gasteiger partial charge in [-0.25, -0.2) is 4.98 Å². The van der Waals surface area contributed by atoms with Crippen LogP contribution >= 0.6 is 27.3 Å². The molecule has 2 heterocycles. The smallest absolute Gasteiger partial charge is 0.194 e. The maximum atomic E-state index is 5.14. The molecule has 2 aromatic rings. The van der Waals surface area contributed by atoms with Gasteiger partial charge in [-0.1, -0.05) is 5.92 Å². The number of nitrogens with one attached hydrogen (secondary N) is 1. The zero-order valence-corrected chi connectivity index (χ0v) is 9.73. The standard InChI is InChI=1S/C9H8BrN3S/c1-2-3-11-6-7-8(10)13-4-5-14-9(13)12-7/h1,4-5,11H,3,6H2. The van der Waals surface area contributed by atoms with Gasteiger partial charge in [-0.05, 0) is 15.9 Å². The van der Waals surface area contributed by atoms with Crippen molar-refractivity contribution in [3.63, 3.8) is 0 Å². The molecule has 0 aliphatic rings. The molecule has 0 saturated heterocycles. The minimum Gasteiger partial charge on any atom is -0.300 e. The highest BCUT2D eigenvalue weighted by atomic mass is 79.9. The van der Waals surface area contributed by atoms with Crippen LogP contribution in [0.2, 0.25) is 0 Å². The summed E-state index contributed by atoms with van der Waals surface area (Å²) in [5, 5.41) is 5.11. The number of nitrogens with zero attached hydrogens (tertiary/aromatic N) is 2. The summed E-state index contributed by atoms with van der Waals surface area (Å²) in [6, 6.07) is 0. The van der Waals surface area contributed by atoms with Gasteiger partial charge >= 0.3 is 0 Å². The van der Waals surface area contributed by atoms with E-state index in [1.807, 2.05) is 16.0 Å². The lowest BCUT2D eigenvalue weighted by Gasteiger charge is -1.96. The highest BCUT2D eigenvalue weighted by Gasteiger charge is 2.08. The third kappa shape index (κ3) is 1.69. The fraction of sp³-hybridized carbons (Fsp3) is 0.222. The molecule has 0 aliphatic carbocycles. The Hall–Kier alpha value is -0.830. The van der Waals surface area contributed by atoms with Crippen molar-refractivity contribution in [3.8, 4) is 12.3 Å². The van der Waals surface area contributed by atoms with Crippen LogP contribution in [-0.2, 0) is 6.54 Å². The molecule has 0 aliphatic heterocycles. The number of hydrogen-bond donors (Lipinski definition) is 1. The van der Waals surface area contributed by atoms with Gasteiger partial charge in [-0.2, -0.15) is 0 Å². The van der Waals surface area contributed by atoms with Crippen LogP contribution in [0.5, 0.6) is 0 Å². The second-order valence-electron chi connectivity index (χ2n) is 2.71. The van der Waals surface area contributed by atoms with E-state index in [1.54, 1.807) is 11.3 Å². The van der Waals surface area contributed by atoms with Crippen molar-refractivity contribution in [2.75, 3.05) is 6.54 Å². The summed E-state index contributed by atoms with van der Waals surface area (Å²) < 4.78 is 3.01. The first-order valence-corrected chi connectivity index (χ1v) is 5.74. The summed E-state index contributed by atoms with van der Waals surface area (Å²) in [4.78, 5) is 5.44. The maximum absolute atomic E-state index is 5.14. The van der Waals surface area contributed by atoms with Gasteiger partial charge in [0.1, 0.15) is 4.60 Å². The Kier molecular flexibility index (Phi) is 2.87. The van der Waals surface area contributed by atoms with Crippen LogP contribution in [0.25, 0.3) is 4.96 Å². The van der Waals surface area contributed by atoms with E-state index in [0.717, 1.165) is 15.3 Å². The first kappa shape index (κ1) is 9.71. The third-order valence-corrected chi connectivity index (χ3v) is 3.39. The SMILES string of the molecule is C#CCNCc1nc2sccn2c1Br. The normalized spacial score (nSPS) is 10.6. The Balaban J connectivity index is 2.21.